The summed E-state index contributed by atoms with van der Waals surface area (Å²) in [6, 6.07) is 13.7. The van der Waals surface area contributed by atoms with Gasteiger partial charge in [-0.1, -0.05) is 18.2 Å². The average Bonchev–Trinajstić information content (AvgIpc) is 3.24. The Morgan fingerprint density at radius 1 is 1.19 bits per heavy atom. The molecule has 0 radical (unpaired) electrons. The molecule has 0 aliphatic carbocycles. The van der Waals surface area contributed by atoms with E-state index in [1.165, 1.54) is 12.1 Å². The van der Waals surface area contributed by atoms with Gasteiger partial charge in [-0.2, -0.15) is 0 Å². The zero-order valence-corrected chi connectivity index (χ0v) is 13.9. The van der Waals surface area contributed by atoms with Crippen LogP contribution in [0.4, 0.5) is 4.39 Å². The van der Waals surface area contributed by atoms with E-state index < -0.39 is 5.82 Å². The summed E-state index contributed by atoms with van der Waals surface area (Å²) in [6.07, 6.45) is 0. The molecular weight excluding hydrogens is 335 g/mol. The molecule has 0 aliphatic heterocycles. The van der Waals surface area contributed by atoms with Crippen molar-refractivity contribution in [3.63, 3.8) is 0 Å². The van der Waals surface area contributed by atoms with Crippen LogP contribution < -0.4 is 5.32 Å². The maximum atomic E-state index is 13.5. The normalized spacial score (nSPS) is 11.0. The zero-order chi connectivity index (χ0) is 18.1. The molecule has 2 heterocycles. The van der Waals surface area contributed by atoms with Crippen LogP contribution in [0.5, 0.6) is 0 Å². The second-order valence-corrected chi connectivity index (χ2v) is 5.86. The Balaban J connectivity index is 1.52. The predicted molar refractivity (Wildman–Crippen MR) is 93.9 cm³/mol. The minimum atomic E-state index is -0.394. The van der Waals surface area contributed by atoms with Gasteiger partial charge in [-0.15, -0.1) is 10.2 Å². The van der Waals surface area contributed by atoms with Gasteiger partial charge in [0.15, 0.2) is 0 Å². The first kappa shape index (κ1) is 16.0. The molecule has 0 spiro atoms. The van der Waals surface area contributed by atoms with Crippen molar-refractivity contribution >= 4 is 16.8 Å². The van der Waals surface area contributed by atoms with Gasteiger partial charge in [0.2, 0.25) is 11.8 Å². The number of aryl methyl sites for hydroxylation is 1. The zero-order valence-electron chi connectivity index (χ0n) is 13.9. The highest BCUT2D eigenvalue weighted by Crippen LogP contribution is 2.23. The van der Waals surface area contributed by atoms with Crippen molar-refractivity contribution in [3.8, 4) is 11.5 Å². The third-order valence-corrected chi connectivity index (χ3v) is 4.06. The van der Waals surface area contributed by atoms with Crippen LogP contribution in [0.3, 0.4) is 0 Å². The minimum absolute atomic E-state index is 0.0834. The molecule has 2 aromatic heterocycles. The van der Waals surface area contributed by atoms with Crippen molar-refractivity contribution in [2.45, 2.75) is 13.5 Å². The first-order valence-corrected chi connectivity index (χ1v) is 8.05. The number of nitrogens with zero attached hydrogens (tertiary/aromatic N) is 2. The molecule has 2 N–H and O–H groups in total. The molecule has 130 valence electrons. The van der Waals surface area contributed by atoms with E-state index in [0.29, 0.717) is 33.9 Å². The van der Waals surface area contributed by atoms with Crippen molar-refractivity contribution in [1.82, 2.24) is 20.5 Å². The Morgan fingerprint density at radius 2 is 2.00 bits per heavy atom. The van der Waals surface area contributed by atoms with Crippen LogP contribution in [0.1, 0.15) is 21.9 Å². The third-order valence-electron chi connectivity index (χ3n) is 4.06. The van der Waals surface area contributed by atoms with Gasteiger partial charge in [-0.3, -0.25) is 4.79 Å². The van der Waals surface area contributed by atoms with Crippen LogP contribution >= 0.6 is 0 Å². The molecule has 0 fully saturated rings. The Morgan fingerprint density at radius 3 is 2.81 bits per heavy atom. The third kappa shape index (κ3) is 2.95. The van der Waals surface area contributed by atoms with Crippen molar-refractivity contribution < 1.29 is 13.6 Å². The number of carbonyl (C=O) groups is 1. The number of hydrogen-bond donors (Lipinski definition) is 2. The van der Waals surface area contributed by atoms with Crippen molar-refractivity contribution in [3.05, 3.63) is 71.5 Å². The summed E-state index contributed by atoms with van der Waals surface area (Å²) in [5, 5.41) is 11.2. The number of nitrogens with one attached hydrogen (secondary N) is 2. The lowest BCUT2D eigenvalue weighted by atomic mass is 10.1. The van der Waals surface area contributed by atoms with Gasteiger partial charge < -0.3 is 14.7 Å². The summed E-state index contributed by atoms with van der Waals surface area (Å²) in [6.45, 7) is 1.85. The van der Waals surface area contributed by atoms with Crippen LogP contribution in [-0.4, -0.2) is 21.1 Å². The van der Waals surface area contributed by atoms with Crippen LogP contribution in [0.2, 0.25) is 0 Å². The molecule has 0 aliphatic rings. The van der Waals surface area contributed by atoms with Crippen molar-refractivity contribution in [2.75, 3.05) is 0 Å². The van der Waals surface area contributed by atoms with E-state index in [1.54, 1.807) is 13.0 Å². The molecule has 0 unspecified atom stereocenters. The number of benzene rings is 2. The van der Waals surface area contributed by atoms with Crippen LogP contribution in [0.15, 0.2) is 52.9 Å². The second kappa shape index (κ2) is 6.44. The quantitative estimate of drug-likeness (QED) is 0.589. The topological polar surface area (TPSA) is 83.8 Å². The maximum Gasteiger partial charge on any atom is 0.254 e. The van der Waals surface area contributed by atoms with Crippen molar-refractivity contribution in [2.24, 2.45) is 0 Å². The van der Waals surface area contributed by atoms with Gasteiger partial charge in [0, 0.05) is 22.2 Å². The summed E-state index contributed by atoms with van der Waals surface area (Å²) < 4.78 is 19.1. The fraction of sp³-hybridized carbons (Fsp3) is 0.105. The number of aromatic amines is 1. The molecule has 0 saturated carbocycles. The van der Waals surface area contributed by atoms with Gasteiger partial charge in [-0.05, 0) is 37.3 Å². The van der Waals surface area contributed by atoms with Crippen molar-refractivity contribution in [1.29, 1.82) is 0 Å². The number of aromatic nitrogens is 3. The van der Waals surface area contributed by atoms with E-state index in [-0.39, 0.29) is 12.5 Å². The molecule has 6 nitrogen and oxygen atoms in total. The average molecular weight is 350 g/mol. The highest BCUT2D eigenvalue weighted by molar-refractivity contribution is 6.08. The molecule has 0 saturated heterocycles. The van der Waals surface area contributed by atoms with Gasteiger partial charge in [-0.25, -0.2) is 4.39 Å². The largest absolute Gasteiger partial charge is 0.419 e. The standard InChI is InChI=1S/C19H15FN4O2/c1-11-17(14-9-13(20)7-8-15(14)22-11)18(25)21-10-16-23-24-19(26-16)12-5-3-2-4-6-12/h2-9,22H,10H2,1H3,(H,21,25). The number of amides is 1. The van der Waals surface area contributed by atoms with Crippen LogP contribution in [0.25, 0.3) is 22.4 Å². The highest BCUT2D eigenvalue weighted by atomic mass is 19.1. The monoisotopic (exact) mass is 350 g/mol. The molecule has 1 amide bonds. The molecule has 0 bridgehead atoms. The Kier molecular flexibility index (Phi) is 3.96. The van der Waals surface area contributed by atoms with E-state index in [0.717, 1.165) is 5.56 Å². The number of hydrogen-bond acceptors (Lipinski definition) is 4. The lowest BCUT2D eigenvalue weighted by Crippen LogP contribution is -2.23. The highest BCUT2D eigenvalue weighted by Gasteiger charge is 2.17. The number of carbonyl (C=O) groups excluding carboxylic acids is 1. The van der Waals surface area contributed by atoms with E-state index >= 15 is 0 Å². The molecular formula is C19H15FN4O2. The summed E-state index contributed by atoms with van der Waals surface area (Å²) in [5.41, 5.74) is 2.58. The lowest BCUT2D eigenvalue weighted by molar-refractivity contribution is 0.0948. The van der Waals surface area contributed by atoms with E-state index in [9.17, 15) is 9.18 Å². The second-order valence-electron chi connectivity index (χ2n) is 5.86. The Labute approximate surface area is 148 Å². The number of fused-ring (bicyclic) bond motifs is 1. The smallest absolute Gasteiger partial charge is 0.254 e. The molecule has 4 aromatic rings. The van der Waals surface area contributed by atoms with E-state index in [2.05, 4.69) is 20.5 Å². The van der Waals surface area contributed by atoms with Crippen LogP contribution in [-0.2, 0) is 6.54 Å². The lowest BCUT2D eigenvalue weighted by Gasteiger charge is -2.03. The molecule has 7 heteroatoms. The Hall–Kier alpha value is -3.48. The van der Waals surface area contributed by atoms with Gasteiger partial charge in [0.25, 0.3) is 5.91 Å². The summed E-state index contributed by atoms with van der Waals surface area (Å²) in [4.78, 5) is 15.6. The molecule has 26 heavy (non-hydrogen) atoms. The molecule has 2 aromatic carbocycles. The van der Waals surface area contributed by atoms with Gasteiger partial charge in [0.1, 0.15) is 5.82 Å². The predicted octanol–water partition coefficient (Wildman–Crippen LogP) is 3.60. The SMILES string of the molecule is Cc1[nH]c2ccc(F)cc2c1C(=O)NCc1nnc(-c2ccccc2)o1. The van der Waals surface area contributed by atoms with Crippen LogP contribution in [0, 0.1) is 12.7 Å². The van der Waals surface area contributed by atoms with Gasteiger partial charge >= 0.3 is 0 Å². The summed E-state index contributed by atoms with van der Waals surface area (Å²) >= 11 is 0. The fourth-order valence-electron chi connectivity index (χ4n) is 2.86. The Bertz CT molecular complexity index is 1090. The fourth-order valence-corrected chi connectivity index (χ4v) is 2.86. The maximum absolute atomic E-state index is 13.5. The first-order valence-electron chi connectivity index (χ1n) is 8.05. The molecule has 4 rings (SSSR count). The number of halogens is 1. The van der Waals surface area contributed by atoms with Gasteiger partial charge in [0.05, 0.1) is 12.1 Å². The summed E-state index contributed by atoms with van der Waals surface area (Å²) in [7, 11) is 0. The number of H-pyrrole nitrogens is 1. The molecule has 0 atom stereocenters. The number of rotatable bonds is 4. The minimum Gasteiger partial charge on any atom is -0.419 e. The summed E-state index contributed by atoms with van der Waals surface area (Å²) in [5.74, 6) is -0.0464. The van der Waals surface area contributed by atoms with E-state index in [4.69, 9.17) is 4.42 Å². The first-order chi connectivity index (χ1) is 12.6. The van der Waals surface area contributed by atoms with E-state index in [1.807, 2.05) is 30.3 Å².